The first-order valence-electron chi connectivity index (χ1n) is 7.13. The Morgan fingerprint density at radius 1 is 1.32 bits per heavy atom. The molecular weight excluding hydrogens is 258 g/mol. The molecule has 108 valence electrons. The van der Waals surface area contributed by atoms with Gasteiger partial charge in [-0.15, -0.1) is 0 Å². The third kappa shape index (κ3) is 6.42. The summed E-state index contributed by atoms with van der Waals surface area (Å²) >= 11 is 6.25. The first-order valence-corrected chi connectivity index (χ1v) is 7.50. The van der Waals surface area contributed by atoms with Gasteiger partial charge in [-0.2, -0.15) is 0 Å². The fraction of sp³-hybridized carbons (Fsp3) is 0.625. The summed E-state index contributed by atoms with van der Waals surface area (Å²) in [6.07, 6.45) is 3.24. The predicted octanol–water partition coefficient (Wildman–Crippen LogP) is 3.92. The number of hydrogen-bond donors (Lipinski definition) is 1. The predicted molar refractivity (Wildman–Crippen MR) is 82.9 cm³/mol. The van der Waals surface area contributed by atoms with E-state index in [4.69, 9.17) is 16.3 Å². The molecule has 1 N–H and O–H groups in total. The third-order valence-corrected chi connectivity index (χ3v) is 3.61. The Labute approximate surface area is 122 Å². The second kappa shape index (κ2) is 9.35. The van der Waals surface area contributed by atoms with Crippen molar-refractivity contribution in [1.82, 2.24) is 5.32 Å². The van der Waals surface area contributed by atoms with Crippen LogP contribution in [0.3, 0.4) is 0 Å². The Morgan fingerprint density at radius 2 is 2.05 bits per heavy atom. The Bertz CT molecular complexity index is 356. The molecule has 0 saturated heterocycles. The van der Waals surface area contributed by atoms with Gasteiger partial charge in [0, 0.05) is 24.8 Å². The maximum absolute atomic E-state index is 6.25. The van der Waals surface area contributed by atoms with Gasteiger partial charge in [-0.1, -0.05) is 43.6 Å². The van der Waals surface area contributed by atoms with Crippen LogP contribution >= 0.6 is 11.6 Å². The summed E-state index contributed by atoms with van der Waals surface area (Å²) in [5.41, 5.74) is 1.22. The lowest BCUT2D eigenvalue weighted by molar-refractivity contribution is 0.149. The first kappa shape index (κ1) is 16.5. The molecule has 1 aromatic carbocycles. The Morgan fingerprint density at radius 3 is 2.68 bits per heavy atom. The van der Waals surface area contributed by atoms with Crippen LogP contribution in [0.25, 0.3) is 0 Å². The number of rotatable bonds is 9. The molecule has 3 heteroatoms. The zero-order valence-electron chi connectivity index (χ0n) is 12.3. The largest absolute Gasteiger partial charge is 0.384 e. The highest BCUT2D eigenvalue weighted by molar-refractivity contribution is 6.31. The molecule has 1 aromatic rings. The molecule has 0 saturated carbocycles. The van der Waals surface area contributed by atoms with Gasteiger partial charge in [-0.05, 0) is 43.4 Å². The molecule has 1 rings (SSSR count). The van der Waals surface area contributed by atoms with Gasteiger partial charge in [0.2, 0.25) is 0 Å². The standard InChI is InChI=1S/C16H26ClNO/c1-4-9-18-15(10-13(2)12-19-3)11-14-7-5-6-8-16(14)17/h5-8,13,15,18H,4,9-12H2,1-3H3. The van der Waals surface area contributed by atoms with E-state index in [1.54, 1.807) is 7.11 Å². The topological polar surface area (TPSA) is 21.3 Å². The van der Waals surface area contributed by atoms with Gasteiger partial charge in [-0.3, -0.25) is 0 Å². The quantitative estimate of drug-likeness (QED) is 0.742. The van der Waals surface area contributed by atoms with Crippen molar-refractivity contribution in [2.45, 2.75) is 39.2 Å². The van der Waals surface area contributed by atoms with E-state index in [0.717, 1.165) is 37.4 Å². The molecule has 2 atom stereocenters. The number of methoxy groups -OCH3 is 1. The van der Waals surface area contributed by atoms with Gasteiger partial charge in [0.1, 0.15) is 0 Å². The number of benzene rings is 1. The molecule has 0 fully saturated rings. The summed E-state index contributed by atoms with van der Waals surface area (Å²) in [5.74, 6) is 0.557. The van der Waals surface area contributed by atoms with E-state index < -0.39 is 0 Å². The highest BCUT2D eigenvalue weighted by atomic mass is 35.5. The molecule has 0 amide bonds. The van der Waals surface area contributed by atoms with Crippen LogP contribution in [0, 0.1) is 5.92 Å². The number of ether oxygens (including phenoxy) is 1. The molecular formula is C16H26ClNO. The third-order valence-electron chi connectivity index (χ3n) is 3.25. The zero-order valence-corrected chi connectivity index (χ0v) is 13.0. The highest BCUT2D eigenvalue weighted by Gasteiger charge is 2.14. The monoisotopic (exact) mass is 283 g/mol. The molecule has 0 aromatic heterocycles. The Balaban J connectivity index is 2.60. The molecule has 0 aliphatic carbocycles. The summed E-state index contributed by atoms with van der Waals surface area (Å²) in [6.45, 7) is 6.29. The van der Waals surface area contributed by atoms with Crippen molar-refractivity contribution in [2.24, 2.45) is 5.92 Å². The van der Waals surface area contributed by atoms with E-state index in [0.29, 0.717) is 12.0 Å². The number of halogens is 1. The van der Waals surface area contributed by atoms with E-state index in [1.807, 2.05) is 12.1 Å². The summed E-state index contributed by atoms with van der Waals surface area (Å²) < 4.78 is 5.23. The van der Waals surface area contributed by atoms with Crippen LogP contribution in [0.2, 0.25) is 5.02 Å². The summed E-state index contributed by atoms with van der Waals surface area (Å²) in [4.78, 5) is 0. The average molecular weight is 284 g/mol. The maximum Gasteiger partial charge on any atom is 0.0488 e. The van der Waals surface area contributed by atoms with Crippen molar-refractivity contribution in [1.29, 1.82) is 0 Å². The molecule has 0 radical (unpaired) electrons. The lowest BCUT2D eigenvalue weighted by atomic mass is 9.96. The van der Waals surface area contributed by atoms with Gasteiger partial charge >= 0.3 is 0 Å². The molecule has 0 bridgehead atoms. The van der Waals surface area contributed by atoms with Crippen LogP contribution in [0.15, 0.2) is 24.3 Å². The lowest BCUT2D eigenvalue weighted by Crippen LogP contribution is -2.34. The Kier molecular flexibility index (Phi) is 8.11. The minimum atomic E-state index is 0.463. The van der Waals surface area contributed by atoms with Crippen LogP contribution in [0.4, 0.5) is 0 Å². The van der Waals surface area contributed by atoms with Gasteiger partial charge in [-0.25, -0.2) is 0 Å². The maximum atomic E-state index is 6.25. The number of hydrogen-bond acceptors (Lipinski definition) is 2. The SMILES string of the molecule is CCCNC(Cc1ccccc1Cl)CC(C)COC. The van der Waals surface area contributed by atoms with Crippen LogP contribution < -0.4 is 5.32 Å². The molecule has 2 nitrogen and oxygen atoms in total. The molecule has 0 spiro atoms. The van der Waals surface area contributed by atoms with E-state index >= 15 is 0 Å². The van der Waals surface area contributed by atoms with E-state index in [1.165, 1.54) is 5.56 Å². The average Bonchev–Trinajstić information content (AvgIpc) is 2.39. The highest BCUT2D eigenvalue weighted by Crippen LogP contribution is 2.19. The lowest BCUT2D eigenvalue weighted by Gasteiger charge is -2.22. The fourth-order valence-electron chi connectivity index (χ4n) is 2.35. The van der Waals surface area contributed by atoms with Gasteiger partial charge in [0.25, 0.3) is 0 Å². The molecule has 0 heterocycles. The van der Waals surface area contributed by atoms with Crippen molar-refractivity contribution in [3.63, 3.8) is 0 Å². The molecule has 0 aliphatic heterocycles. The minimum absolute atomic E-state index is 0.463. The van der Waals surface area contributed by atoms with Crippen LogP contribution in [0.1, 0.15) is 32.3 Å². The normalized spacial score (nSPS) is 14.3. The molecule has 19 heavy (non-hydrogen) atoms. The fourth-order valence-corrected chi connectivity index (χ4v) is 2.57. The van der Waals surface area contributed by atoms with Crippen molar-refractivity contribution >= 4 is 11.6 Å². The van der Waals surface area contributed by atoms with E-state index in [9.17, 15) is 0 Å². The molecule has 0 aliphatic rings. The van der Waals surface area contributed by atoms with Crippen LogP contribution in [0.5, 0.6) is 0 Å². The van der Waals surface area contributed by atoms with Crippen molar-refractivity contribution in [3.8, 4) is 0 Å². The zero-order chi connectivity index (χ0) is 14.1. The van der Waals surface area contributed by atoms with E-state index in [-0.39, 0.29) is 0 Å². The van der Waals surface area contributed by atoms with Crippen LogP contribution in [-0.4, -0.2) is 26.3 Å². The van der Waals surface area contributed by atoms with Crippen molar-refractivity contribution in [2.75, 3.05) is 20.3 Å². The second-order valence-corrected chi connectivity index (χ2v) is 5.65. The Hall–Kier alpha value is -0.570. The van der Waals surface area contributed by atoms with Crippen molar-refractivity contribution < 1.29 is 4.74 Å². The van der Waals surface area contributed by atoms with Gasteiger partial charge in [0.05, 0.1) is 0 Å². The summed E-state index contributed by atoms with van der Waals surface area (Å²) in [6, 6.07) is 8.57. The van der Waals surface area contributed by atoms with E-state index in [2.05, 4.69) is 31.3 Å². The minimum Gasteiger partial charge on any atom is -0.384 e. The van der Waals surface area contributed by atoms with Crippen LogP contribution in [-0.2, 0) is 11.2 Å². The summed E-state index contributed by atoms with van der Waals surface area (Å²) in [5, 5.41) is 4.49. The van der Waals surface area contributed by atoms with Crippen molar-refractivity contribution in [3.05, 3.63) is 34.9 Å². The second-order valence-electron chi connectivity index (χ2n) is 5.24. The van der Waals surface area contributed by atoms with Gasteiger partial charge < -0.3 is 10.1 Å². The number of nitrogens with one attached hydrogen (secondary N) is 1. The smallest absolute Gasteiger partial charge is 0.0488 e. The summed E-state index contributed by atoms with van der Waals surface area (Å²) in [7, 11) is 1.76. The molecule has 2 unspecified atom stereocenters. The van der Waals surface area contributed by atoms with Gasteiger partial charge in [0.15, 0.2) is 0 Å². The first-order chi connectivity index (χ1) is 9.17.